The lowest BCUT2D eigenvalue weighted by molar-refractivity contribution is -0.150. The van der Waals surface area contributed by atoms with Crippen LogP contribution in [0.4, 0.5) is 0 Å². The number of ether oxygens (including phenoxy) is 1. The fourth-order valence-corrected chi connectivity index (χ4v) is 4.32. The third kappa shape index (κ3) is 2.69. The fourth-order valence-electron chi connectivity index (χ4n) is 4.32. The number of phenolic OH excluding ortho intramolecular Hbond substituents is 1. The van der Waals surface area contributed by atoms with Crippen LogP contribution in [0.1, 0.15) is 47.0 Å². The van der Waals surface area contributed by atoms with Crippen molar-refractivity contribution < 1.29 is 14.6 Å². The van der Waals surface area contributed by atoms with E-state index in [0.29, 0.717) is 31.8 Å². The van der Waals surface area contributed by atoms with Crippen LogP contribution in [0.2, 0.25) is 0 Å². The molecule has 0 spiro atoms. The van der Waals surface area contributed by atoms with Gasteiger partial charge in [-0.2, -0.15) is 5.10 Å². The normalized spacial score (nSPS) is 21.4. The number of nitrogens with zero attached hydrogens (tertiary/aromatic N) is 3. The lowest BCUT2D eigenvalue weighted by Crippen LogP contribution is -2.54. The van der Waals surface area contributed by atoms with Crippen molar-refractivity contribution >= 4 is 5.91 Å². The first-order valence-electron chi connectivity index (χ1n) is 9.54. The van der Waals surface area contributed by atoms with Crippen molar-refractivity contribution in [2.24, 2.45) is 0 Å². The molecule has 1 aromatic heterocycles. The molecule has 1 atom stereocenters. The van der Waals surface area contributed by atoms with Gasteiger partial charge in [-0.1, -0.05) is 0 Å². The second-order valence-electron chi connectivity index (χ2n) is 8.09. The molecule has 0 saturated heterocycles. The zero-order valence-electron chi connectivity index (χ0n) is 16.7. The summed E-state index contributed by atoms with van der Waals surface area (Å²) in [5.74, 6) is 1.13. The molecule has 2 aliphatic heterocycles. The summed E-state index contributed by atoms with van der Waals surface area (Å²) in [6.45, 7) is 11.6. The van der Waals surface area contributed by atoms with Crippen LogP contribution in [0, 0.1) is 27.7 Å². The quantitative estimate of drug-likeness (QED) is 0.839. The molecule has 2 aliphatic rings. The number of phenols is 1. The molecule has 0 aliphatic carbocycles. The van der Waals surface area contributed by atoms with Crippen LogP contribution < -0.4 is 4.74 Å². The Hall–Kier alpha value is -2.50. The van der Waals surface area contributed by atoms with Crippen molar-refractivity contribution in [2.45, 2.75) is 66.2 Å². The predicted octanol–water partition coefficient (Wildman–Crippen LogP) is 2.95. The first-order chi connectivity index (χ1) is 12.7. The lowest BCUT2D eigenvalue weighted by atomic mass is 9.86. The molecule has 6 nitrogen and oxygen atoms in total. The molecule has 1 amide bonds. The van der Waals surface area contributed by atoms with E-state index in [1.165, 1.54) is 0 Å². The van der Waals surface area contributed by atoms with Crippen LogP contribution >= 0.6 is 0 Å². The van der Waals surface area contributed by atoms with Gasteiger partial charge in [0.15, 0.2) is 5.60 Å². The van der Waals surface area contributed by atoms with Gasteiger partial charge in [0.1, 0.15) is 11.5 Å². The average molecular weight is 369 g/mol. The molecule has 6 heteroatoms. The van der Waals surface area contributed by atoms with E-state index >= 15 is 0 Å². The van der Waals surface area contributed by atoms with Gasteiger partial charge in [-0.3, -0.25) is 9.48 Å². The summed E-state index contributed by atoms with van der Waals surface area (Å²) in [5.41, 5.74) is 4.78. The van der Waals surface area contributed by atoms with Crippen molar-refractivity contribution in [3.8, 4) is 11.5 Å². The van der Waals surface area contributed by atoms with E-state index in [4.69, 9.17) is 4.74 Å². The van der Waals surface area contributed by atoms with Gasteiger partial charge in [0.05, 0.1) is 24.5 Å². The fraction of sp³-hybridized carbons (Fsp3) is 0.524. The predicted molar refractivity (Wildman–Crippen MR) is 102 cm³/mol. The maximum absolute atomic E-state index is 13.4. The molecule has 0 radical (unpaired) electrons. The number of carbonyl (C=O) groups excluding carboxylic acids is 1. The Morgan fingerprint density at radius 1 is 1.19 bits per heavy atom. The smallest absolute Gasteiger partial charge is 0.266 e. The van der Waals surface area contributed by atoms with E-state index in [2.05, 4.69) is 5.10 Å². The summed E-state index contributed by atoms with van der Waals surface area (Å²) in [4.78, 5) is 15.3. The van der Waals surface area contributed by atoms with E-state index < -0.39 is 5.60 Å². The third-order valence-electron chi connectivity index (χ3n) is 6.18. The van der Waals surface area contributed by atoms with Crippen LogP contribution in [0.25, 0.3) is 0 Å². The van der Waals surface area contributed by atoms with Crippen molar-refractivity contribution in [3.05, 3.63) is 39.7 Å². The molecule has 0 fully saturated rings. The number of fused-ring (bicyclic) bond motifs is 2. The second kappa shape index (κ2) is 6.01. The highest BCUT2D eigenvalue weighted by Crippen LogP contribution is 2.43. The number of benzene rings is 1. The first kappa shape index (κ1) is 17.9. The van der Waals surface area contributed by atoms with Gasteiger partial charge in [0.2, 0.25) is 0 Å². The Morgan fingerprint density at radius 3 is 2.67 bits per heavy atom. The largest absolute Gasteiger partial charge is 0.507 e. The number of aryl methyl sites for hydroxylation is 1. The van der Waals surface area contributed by atoms with Crippen LogP contribution in [0.3, 0.4) is 0 Å². The minimum Gasteiger partial charge on any atom is -0.507 e. The summed E-state index contributed by atoms with van der Waals surface area (Å²) >= 11 is 0. The molecule has 144 valence electrons. The summed E-state index contributed by atoms with van der Waals surface area (Å²) in [6, 6.07) is 2.04. The topological polar surface area (TPSA) is 67.6 Å². The zero-order valence-corrected chi connectivity index (χ0v) is 16.7. The minimum absolute atomic E-state index is 0.0287. The highest BCUT2D eigenvalue weighted by atomic mass is 16.5. The first-order valence-corrected chi connectivity index (χ1v) is 9.54. The van der Waals surface area contributed by atoms with Gasteiger partial charge in [0.25, 0.3) is 5.91 Å². The van der Waals surface area contributed by atoms with E-state index in [0.717, 1.165) is 45.8 Å². The van der Waals surface area contributed by atoms with Crippen LogP contribution in [0.5, 0.6) is 11.5 Å². The van der Waals surface area contributed by atoms with Crippen molar-refractivity contribution in [2.75, 3.05) is 6.54 Å². The number of hydrogen-bond acceptors (Lipinski definition) is 4. The standard InChI is InChI=1S/C21H27N3O3/c1-12-10-16-11-23(8-9-24(16)22-12)20(26)21(5)7-6-17-15(4)18(25)13(2)14(3)19(17)27-21/h10,25H,6-9,11H2,1-5H3/t21-/m0/s1. The molecule has 1 aromatic carbocycles. The highest BCUT2D eigenvalue weighted by molar-refractivity contribution is 5.86. The van der Waals surface area contributed by atoms with Crippen LogP contribution in [-0.2, 0) is 24.3 Å². The minimum atomic E-state index is -0.884. The summed E-state index contributed by atoms with van der Waals surface area (Å²) in [7, 11) is 0. The Bertz CT molecular complexity index is 947. The number of amides is 1. The van der Waals surface area contributed by atoms with Crippen molar-refractivity contribution in [3.63, 3.8) is 0 Å². The van der Waals surface area contributed by atoms with E-state index in [1.807, 2.05) is 50.3 Å². The number of hydrogen-bond donors (Lipinski definition) is 1. The molecule has 0 saturated carbocycles. The Kier molecular flexibility index (Phi) is 3.98. The Morgan fingerprint density at radius 2 is 1.93 bits per heavy atom. The molecule has 4 rings (SSSR count). The van der Waals surface area contributed by atoms with Gasteiger partial charge >= 0.3 is 0 Å². The number of aromatic nitrogens is 2. The second-order valence-corrected chi connectivity index (χ2v) is 8.09. The zero-order chi connectivity index (χ0) is 19.5. The molecule has 27 heavy (non-hydrogen) atoms. The maximum Gasteiger partial charge on any atom is 0.266 e. The van der Waals surface area contributed by atoms with Crippen LogP contribution in [0.15, 0.2) is 6.07 Å². The Labute approximate surface area is 159 Å². The molecule has 3 heterocycles. The molecule has 0 unspecified atom stereocenters. The van der Waals surface area contributed by atoms with Gasteiger partial charge in [0, 0.05) is 18.5 Å². The van der Waals surface area contributed by atoms with Gasteiger partial charge in [-0.05, 0) is 63.8 Å². The van der Waals surface area contributed by atoms with Gasteiger partial charge in [-0.25, -0.2) is 0 Å². The molecular weight excluding hydrogens is 342 g/mol. The monoisotopic (exact) mass is 369 g/mol. The molecule has 2 aromatic rings. The van der Waals surface area contributed by atoms with Gasteiger partial charge < -0.3 is 14.7 Å². The molecule has 0 bridgehead atoms. The number of carbonyl (C=O) groups is 1. The molecule has 1 N–H and O–H groups in total. The van der Waals surface area contributed by atoms with E-state index in [-0.39, 0.29) is 5.91 Å². The lowest BCUT2D eigenvalue weighted by Gasteiger charge is -2.40. The summed E-state index contributed by atoms with van der Waals surface area (Å²) in [5, 5.41) is 14.8. The maximum atomic E-state index is 13.4. The average Bonchev–Trinajstić information content (AvgIpc) is 3.03. The summed E-state index contributed by atoms with van der Waals surface area (Å²) in [6.07, 6.45) is 1.33. The Balaban J connectivity index is 1.63. The highest BCUT2D eigenvalue weighted by Gasteiger charge is 2.43. The molecular formula is C21H27N3O3. The van der Waals surface area contributed by atoms with Gasteiger partial charge in [-0.15, -0.1) is 0 Å². The van der Waals surface area contributed by atoms with E-state index in [9.17, 15) is 9.90 Å². The SMILES string of the molecule is Cc1cc2n(n1)CCN(C(=O)[C@]1(C)CCc3c(C)c(O)c(C)c(C)c3O1)C2. The van der Waals surface area contributed by atoms with Crippen molar-refractivity contribution in [1.29, 1.82) is 0 Å². The van der Waals surface area contributed by atoms with Crippen molar-refractivity contribution in [1.82, 2.24) is 14.7 Å². The van der Waals surface area contributed by atoms with Crippen LogP contribution in [-0.4, -0.2) is 37.8 Å². The number of rotatable bonds is 1. The number of aromatic hydroxyl groups is 1. The van der Waals surface area contributed by atoms with E-state index in [1.54, 1.807) is 0 Å². The third-order valence-corrected chi connectivity index (χ3v) is 6.18. The summed E-state index contributed by atoms with van der Waals surface area (Å²) < 4.78 is 8.33.